The highest BCUT2D eigenvalue weighted by Gasteiger charge is 2.30. The van der Waals surface area contributed by atoms with Gasteiger partial charge in [-0.25, -0.2) is 0 Å². The van der Waals surface area contributed by atoms with Crippen LogP contribution in [0.2, 0.25) is 0 Å². The van der Waals surface area contributed by atoms with Gasteiger partial charge in [-0.1, -0.05) is 0 Å². The molecule has 0 aromatic heterocycles. The largest absolute Gasteiger partial charge is 0.374 e. The molecule has 3 heteroatoms. The molecule has 0 bridgehead atoms. The van der Waals surface area contributed by atoms with Gasteiger partial charge in [0.2, 0.25) is 0 Å². The zero-order valence-corrected chi connectivity index (χ0v) is 9.31. The molecule has 2 aliphatic heterocycles. The van der Waals surface area contributed by atoms with E-state index in [4.69, 9.17) is 4.74 Å². The summed E-state index contributed by atoms with van der Waals surface area (Å²) in [7, 11) is 0. The third-order valence-electron chi connectivity index (χ3n) is 3.45. The summed E-state index contributed by atoms with van der Waals surface area (Å²) >= 11 is 0. The third kappa shape index (κ3) is 2.47. The molecule has 0 aliphatic carbocycles. The second kappa shape index (κ2) is 4.17. The van der Waals surface area contributed by atoms with Crippen molar-refractivity contribution < 1.29 is 4.74 Å². The minimum Gasteiger partial charge on any atom is -0.374 e. The van der Waals surface area contributed by atoms with E-state index in [1.807, 2.05) is 0 Å². The summed E-state index contributed by atoms with van der Waals surface area (Å²) in [5.41, 5.74) is 0.301. The Labute approximate surface area is 86.6 Å². The summed E-state index contributed by atoms with van der Waals surface area (Å²) < 4.78 is 5.78. The topological polar surface area (TPSA) is 33.3 Å². The van der Waals surface area contributed by atoms with Crippen LogP contribution in [0.4, 0.5) is 0 Å². The Balaban J connectivity index is 1.71. The van der Waals surface area contributed by atoms with E-state index in [0.29, 0.717) is 17.7 Å². The second-order valence-corrected chi connectivity index (χ2v) is 5.01. The lowest BCUT2D eigenvalue weighted by Gasteiger charge is -2.26. The van der Waals surface area contributed by atoms with Gasteiger partial charge in [0.15, 0.2) is 0 Å². The molecule has 2 aliphatic rings. The predicted octanol–water partition coefficient (Wildman–Crippen LogP) is 0.895. The molecule has 3 atom stereocenters. The smallest absolute Gasteiger partial charge is 0.0704 e. The Bertz CT molecular complexity index is 190. The number of nitrogens with one attached hydrogen (secondary N) is 2. The van der Waals surface area contributed by atoms with Gasteiger partial charge < -0.3 is 15.4 Å². The molecule has 0 saturated carbocycles. The second-order valence-electron chi connectivity index (χ2n) is 5.01. The molecule has 82 valence electrons. The van der Waals surface area contributed by atoms with Crippen LogP contribution < -0.4 is 10.6 Å². The van der Waals surface area contributed by atoms with Crippen molar-refractivity contribution in [3.8, 4) is 0 Å². The van der Waals surface area contributed by atoms with Crippen molar-refractivity contribution in [3.05, 3.63) is 0 Å². The highest BCUT2D eigenvalue weighted by molar-refractivity contribution is 4.92. The molecule has 2 N–H and O–H groups in total. The highest BCUT2D eigenvalue weighted by Crippen LogP contribution is 2.20. The molecule has 0 aromatic carbocycles. The van der Waals surface area contributed by atoms with E-state index >= 15 is 0 Å². The van der Waals surface area contributed by atoms with Gasteiger partial charge in [-0.15, -0.1) is 0 Å². The molecule has 0 amide bonds. The van der Waals surface area contributed by atoms with Crippen molar-refractivity contribution >= 4 is 0 Å². The SMILES string of the molecule is CC1CCC(CNC2(C)CCNC2)O1. The average molecular weight is 198 g/mol. The molecule has 0 radical (unpaired) electrons. The van der Waals surface area contributed by atoms with Gasteiger partial charge in [0.1, 0.15) is 0 Å². The van der Waals surface area contributed by atoms with Crippen molar-refractivity contribution in [3.63, 3.8) is 0 Å². The molecule has 2 rings (SSSR count). The van der Waals surface area contributed by atoms with Crippen LogP contribution >= 0.6 is 0 Å². The summed E-state index contributed by atoms with van der Waals surface area (Å²) in [4.78, 5) is 0. The molecule has 2 heterocycles. The molecular formula is C11H22N2O. The van der Waals surface area contributed by atoms with Crippen LogP contribution in [0.3, 0.4) is 0 Å². The van der Waals surface area contributed by atoms with E-state index in [1.54, 1.807) is 0 Å². The quantitative estimate of drug-likeness (QED) is 0.707. The van der Waals surface area contributed by atoms with Crippen molar-refractivity contribution in [2.24, 2.45) is 0 Å². The number of ether oxygens (including phenoxy) is 1. The fourth-order valence-corrected chi connectivity index (χ4v) is 2.36. The van der Waals surface area contributed by atoms with E-state index in [9.17, 15) is 0 Å². The Morgan fingerprint density at radius 1 is 1.50 bits per heavy atom. The normalized spacial score (nSPS) is 43.3. The monoisotopic (exact) mass is 198 g/mol. The third-order valence-corrected chi connectivity index (χ3v) is 3.45. The molecule has 14 heavy (non-hydrogen) atoms. The lowest BCUT2D eigenvalue weighted by atomic mass is 10.0. The number of hydrogen-bond acceptors (Lipinski definition) is 3. The van der Waals surface area contributed by atoms with Crippen LogP contribution in [0.15, 0.2) is 0 Å². The van der Waals surface area contributed by atoms with Crippen molar-refractivity contribution in [2.45, 2.75) is 50.9 Å². The Hall–Kier alpha value is -0.120. The summed E-state index contributed by atoms with van der Waals surface area (Å²) in [5.74, 6) is 0. The molecular weight excluding hydrogens is 176 g/mol. The van der Waals surface area contributed by atoms with Gasteiger partial charge in [-0.2, -0.15) is 0 Å². The highest BCUT2D eigenvalue weighted by atomic mass is 16.5. The summed E-state index contributed by atoms with van der Waals surface area (Å²) in [5, 5.41) is 7.03. The van der Waals surface area contributed by atoms with E-state index in [2.05, 4.69) is 24.5 Å². The van der Waals surface area contributed by atoms with Crippen LogP contribution in [-0.4, -0.2) is 37.4 Å². The first-order valence-electron chi connectivity index (χ1n) is 5.79. The minimum atomic E-state index is 0.301. The average Bonchev–Trinajstić information content (AvgIpc) is 2.73. The first kappa shape index (κ1) is 10.4. The Morgan fingerprint density at radius 2 is 2.36 bits per heavy atom. The van der Waals surface area contributed by atoms with Gasteiger partial charge in [-0.05, 0) is 39.7 Å². The van der Waals surface area contributed by atoms with Gasteiger partial charge in [0.25, 0.3) is 0 Å². The zero-order valence-electron chi connectivity index (χ0n) is 9.31. The molecule has 0 aromatic rings. The summed E-state index contributed by atoms with van der Waals surface area (Å²) in [6.45, 7) is 7.72. The van der Waals surface area contributed by atoms with Crippen molar-refractivity contribution in [2.75, 3.05) is 19.6 Å². The summed E-state index contributed by atoms with van der Waals surface area (Å²) in [6.07, 6.45) is 4.59. The maximum Gasteiger partial charge on any atom is 0.0704 e. The van der Waals surface area contributed by atoms with Gasteiger partial charge in [0, 0.05) is 18.6 Å². The first-order valence-corrected chi connectivity index (χ1v) is 5.79. The molecule has 2 fully saturated rings. The fourth-order valence-electron chi connectivity index (χ4n) is 2.36. The van der Waals surface area contributed by atoms with E-state index in [0.717, 1.165) is 19.6 Å². The van der Waals surface area contributed by atoms with Gasteiger partial charge in [0.05, 0.1) is 12.2 Å². The van der Waals surface area contributed by atoms with Crippen LogP contribution in [0.5, 0.6) is 0 Å². The lowest BCUT2D eigenvalue weighted by Crippen LogP contribution is -2.47. The first-order chi connectivity index (χ1) is 6.68. The van der Waals surface area contributed by atoms with E-state index in [1.165, 1.54) is 19.3 Å². The lowest BCUT2D eigenvalue weighted by molar-refractivity contribution is 0.0517. The zero-order chi connectivity index (χ0) is 10.0. The Kier molecular flexibility index (Phi) is 3.10. The van der Waals surface area contributed by atoms with Crippen molar-refractivity contribution in [1.29, 1.82) is 0 Å². The molecule has 3 nitrogen and oxygen atoms in total. The standard InChI is InChI=1S/C11H22N2O/c1-9-3-4-10(14-9)7-13-11(2)5-6-12-8-11/h9-10,12-13H,3-8H2,1-2H3. The van der Waals surface area contributed by atoms with Gasteiger partial charge in [-0.3, -0.25) is 0 Å². The molecule has 0 spiro atoms. The number of hydrogen-bond donors (Lipinski definition) is 2. The summed E-state index contributed by atoms with van der Waals surface area (Å²) in [6, 6.07) is 0. The molecule has 2 saturated heterocycles. The fraction of sp³-hybridized carbons (Fsp3) is 1.00. The van der Waals surface area contributed by atoms with E-state index < -0.39 is 0 Å². The maximum absolute atomic E-state index is 5.78. The minimum absolute atomic E-state index is 0.301. The number of rotatable bonds is 3. The van der Waals surface area contributed by atoms with Gasteiger partial charge >= 0.3 is 0 Å². The van der Waals surface area contributed by atoms with Crippen LogP contribution in [0, 0.1) is 0 Å². The predicted molar refractivity (Wildman–Crippen MR) is 57.5 cm³/mol. The van der Waals surface area contributed by atoms with Crippen LogP contribution in [0.25, 0.3) is 0 Å². The Morgan fingerprint density at radius 3 is 2.93 bits per heavy atom. The van der Waals surface area contributed by atoms with Crippen LogP contribution in [0.1, 0.15) is 33.1 Å². The maximum atomic E-state index is 5.78. The van der Waals surface area contributed by atoms with Crippen LogP contribution in [-0.2, 0) is 4.74 Å². The molecule has 3 unspecified atom stereocenters. The van der Waals surface area contributed by atoms with E-state index in [-0.39, 0.29) is 0 Å². The van der Waals surface area contributed by atoms with Crippen molar-refractivity contribution in [1.82, 2.24) is 10.6 Å².